The summed E-state index contributed by atoms with van der Waals surface area (Å²) in [5.41, 5.74) is 0. The van der Waals surface area contributed by atoms with Crippen LogP contribution in [0, 0.1) is 0 Å². The highest BCUT2D eigenvalue weighted by Crippen LogP contribution is 2.34. The molecule has 0 saturated carbocycles. The monoisotopic (exact) mass is 1680 g/mol. The lowest BCUT2D eigenvalue weighted by atomic mass is 9.98. The quantitative estimate of drug-likeness (QED) is 0.0302. The van der Waals surface area contributed by atoms with E-state index < -0.39 is 211 Å². The second kappa shape index (κ2) is 57.3. The molecule has 0 aliphatic carbocycles. The number of ether oxygens (including phenoxy) is 15. The van der Waals surface area contributed by atoms with Gasteiger partial charge in [-0.25, -0.2) is 0 Å². The topological polar surface area (TPSA) is 496 Å². The summed E-state index contributed by atoms with van der Waals surface area (Å²) in [6, 6.07) is 0. The van der Waals surface area contributed by atoms with Gasteiger partial charge in [0.25, 0.3) is 0 Å². The minimum absolute atomic E-state index is 0.187. The first kappa shape index (κ1) is 103. The standard InChI is InChI=1S/C83H152O33/c1-51(87)36-28-26-34-40-53(108-82-77(103-4)72(98)65(91)58(47-85)113-82)38-30-22-19-15-12-9-13-17-21-25-33-43-56-45-63(89)106-50-60-67(93)69(95)74(100)79(115-60)110-55(44-62(88)105-49-61-68(94)70(96)75(101)80(111-56)116-61)42-32-24-20-16-11-8-6-7-10-14-18-23-31-39-54(109-83-78(104-5)73(99)66(92)59(48-86)114-83)41-35-27-29-37-52(2)107-81-76(102-3)71(97)64(90)57(46-84)112-81/h51-61,64-87,90-101H,6-50H2,1-5H3/t51-,52+,53+,54-,55+,56-,57-,58-,59-,60-,61-,64-,65-,66-,67+,68+,69-,70-,71+,72+,73+,74-,75+,76-,77-,78-,79-,80+,81-,82-,83-/m0/s1. The molecule has 6 heterocycles. The van der Waals surface area contributed by atoms with Crippen LogP contribution in [0.4, 0.5) is 0 Å². The maximum Gasteiger partial charge on any atom is 0.308 e. The third-order valence-corrected chi connectivity index (χ3v) is 23.8. The molecular formula is C83H152O33. The summed E-state index contributed by atoms with van der Waals surface area (Å²) in [6.45, 7) is 1.10. The lowest BCUT2D eigenvalue weighted by molar-refractivity contribution is -0.316. The van der Waals surface area contributed by atoms with Crippen molar-refractivity contribution in [2.45, 2.75) is 461 Å². The van der Waals surface area contributed by atoms with Crippen molar-refractivity contribution in [1.82, 2.24) is 0 Å². The number of aliphatic hydroxyl groups excluding tert-OH is 16. The van der Waals surface area contributed by atoms with Gasteiger partial charge in [-0.05, 0) is 65.2 Å². The van der Waals surface area contributed by atoms with E-state index in [1.807, 2.05) is 6.92 Å². The van der Waals surface area contributed by atoms with E-state index in [-0.39, 0.29) is 37.3 Å². The predicted molar refractivity (Wildman–Crippen MR) is 417 cm³/mol. The van der Waals surface area contributed by atoms with Crippen LogP contribution in [0.1, 0.15) is 271 Å². The number of rotatable bonds is 54. The number of hydrogen-bond donors (Lipinski definition) is 16. The molecule has 0 aromatic carbocycles. The van der Waals surface area contributed by atoms with Gasteiger partial charge < -0.3 is 153 Å². The zero-order valence-electron chi connectivity index (χ0n) is 69.8. The molecule has 0 amide bonds. The van der Waals surface area contributed by atoms with E-state index in [0.29, 0.717) is 38.5 Å². The molecule has 0 spiro atoms. The van der Waals surface area contributed by atoms with Gasteiger partial charge in [-0.1, -0.05) is 193 Å². The van der Waals surface area contributed by atoms with Crippen LogP contribution in [-0.4, -0.2) is 338 Å². The summed E-state index contributed by atoms with van der Waals surface area (Å²) in [5, 5.41) is 169. The Morgan fingerprint density at radius 3 is 0.897 bits per heavy atom. The molecular weight excluding hydrogens is 1520 g/mol. The van der Waals surface area contributed by atoms with E-state index in [1.165, 1.54) is 21.3 Å². The van der Waals surface area contributed by atoms with Crippen LogP contribution >= 0.6 is 0 Å². The number of carbonyl (C=O) groups is 2. The Balaban J connectivity index is 0.871. The Labute approximate surface area is 686 Å². The molecule has 4 bridgehead atoms. The number of carbonyl (C=O) groups excluding carboxylic acids is 2. The maximum absolute atomic E-state index is 13.6. The van der Waals surface area contributed by atoms with Crippen molar-refractivity contribution in [1.29, 1.82) is 0 Å². The zero-order valence-corrected chi connectivity index (χ0v) is 69.8. The smallest absolute Gasteiger partial charge is 0.308 e. The van der Waals surface area contributed by atoms with Crippen LogP contribution in [-0.2, 0) is 80.6 Å². The van der Waals surface area contributed by atoms with Crippen molar-refractivity contribution >= 4 is 11.9 Å². The van der Waals surface area contributed by atoms with E-state index >= 15 is 0 Å². The van der Waals surface area contributed by atoms with Gasteiger partial charge in [-0.3, -0.25) is 9.59 Å². The highest BCUT2D eigenvalue weighted by molar-refractivity contribution is 5.70. The van der Waals surface area contributed by atoms with Crippen molar-refractivity contribution in [2.75, 3.05) is 54.4 Å². The first-order valence-corrected chi connectivity index (χ1v) is 44.0. The van der Waals surface area contributed by atoms with Crippen molar-refractivity contribution < 1.29 is 162 Å². The van der Waals surface area contributed by atoms with E-state index in [2.05, 4.69) is 0 Å². The number of cyclic esters (lactones) is 2. The van der Waals surface area contributed by atoms with Gasteiger partial charge in [0, 0.05) is 21.3 Å². The Morgan fingerprint density at radius 1 is 0.319 bits per heavy atom. The summed E-state index contributed by atoms with van der Waals surface area (Å²) in [6.07, 6.45) is -3.24. The van der Waals surface area contributed by atoms with E-state index in [0.717, 1.165) is 205 Å². The lowest BCUT2D eigenvalue weighted by Gasteiger charge is -2.42. The Kier molecular flexibility index (Phi) is 50.7. The molecule has 6 aliphatic rings. The Morgan fingerprint density at radius 2 is 0.595 bits per heavy atom. The van der Waals surface area contributed by atoms with Gasteiger partial charge in [0.05, 0.1) is 69.3 Å². The number of unbranched alkanes of at least 4 members (excludes halogenated alkanes) is 26. The molecule has 33 nitrogen and oxygen atoms in total. The van der Waals surface area contributed by atoms with Crippen LogP contribution in [0.15, 0.2) is 0 Å². The van der Waals surface area contributed by atoms with Crippen molar-refractivity contribution in [3.8, 4) is 0 Å². The Hall–Kier alpha value is -2.22. The van der Waals surface area contributed by atoms with Crippen molar-refractivity contribution in [3.05, 3.63) is 0 Å². The first-order chi connectivity index (χ1) is 55.9. The highest BCUT2D eigenvalue weighted by Gasteiger charge is 2.51. The third kappa shape index (κ3) is 35.1. The van der Waals surface area contributed by atoms with E-state index in [1.54, 1.807) is 6.92 Å². The van der Waals surface area contributed by atoms with Gasteiger partial charge in [-0.15, -0.1) is 0 Å². The minimum Gasteiger partial charge on any atom is -0.463 e. The number of aliphatic hydroxyl groups is 16. The van der Waals surface area contributed by atoms with Crippen molar-refractivity contribution in [2.24, 2.45) is 0 Å². The first-order valence-electron chi connectivity index (χ1n) is 44.0. The van der Waals surface area contributed by atoms with Gasteiger partial charge in [0.2, 0.25) is 0 Å². The zero-order chi connectivity index (χ0) is 84.5. The van der Waals surface area contributed by atoms with Gasteiger partial charge >= 0.3 is 11.9 Å². The number of methoxy groups -OCH3 is 3. The van der Waals surface area contributed by atoms with Gasteiger partial charge in [-0.2, -0.15) is 0 Å². The molecule has 116 heavy (non-hydrogen) atoms. The van der Waals surface area contributed by atoms with Crippen molar-refractivity contribution in [3.63, 3.8) is 0 Å². The van der Waals surface area contributed by atoms with Crippen LogP contribution in [0.2, 0.25) is 0 Å². The summed E-state index contributed by atoms with van der Waals surface area (Å²) >= 11 is 0. The molecule has 6 saturated heterocycles. The molecule has 16 N–H and O–H groups in total. The van der Waals surface area contributed by atoms with Crippen LogP contribution < -0.4 is 0 Å². The summed E-state index contributed by atoms with van der Waals surface area (Å²) < 4.78 is 88.3. The van der Waals surface area contributed by atoms with E-state index in [4.69, 9.17) is 71.1 Å². The molecule has 682 valence electrons. The fraction of sp³-hybridized carbons (Fsp3) is 0.976. The van der Waals surface area contributed by atoms with Crippen LogP contribution in [0.5, 0.6) is 0 Å². The summed E-state index contributed by atoms with van der Waals surface area (Å²) in [7, 11) is 4.22. The largest absolute Gasteiger partial charge is 0.463 e. The fourth-order valence-electron chi connectivity index (χ4n) is 16.5. The molecule has 0 radical (unpaired) electrons. The van der Waals surface area contributed by atoms with E-state index in [9.17, 15) is 91.3 Å². The number of hydrogen-bond acceptors (Lipinski definition) is 33. The molecule has 0 aromatic rings. The normalized spacial score (nSPS) is 35.6. The average molecular weight is 1680 g/mol. The Bertz CT molecular complexity index is 2520. The second-order valence-corrected chi connectivity index (χ2v) is 33.3. The summed E-state index contributed by atoms with van der Waals surface area (Å²) in [4.78, 5) is 27.2. The molecule has 6 fully saturated rings. The molecule has 33 heteroatoms. The molecule has 6 rings (SSSR count). The van der Waals surface area contributed by atoms with Gasteiger partial charge in [0.1, 0.15) is 135 Å². The lowest BCUT2D eigenvalue weighted by Crippen LogP contribution is -2.60. The van der Waals surface area contributed by atoms with Gasteiger partial charge in [0.15, 0.2) is 31.5 Å². The van der Waals surface area contributed by atoms with Crippen LogP contribution in [0.3, 0.4) is 0 Å². The predicted octanol–water partition coefficient (Wildman–Crippen LogP) is 3.99. The maximum atomic E-state index is 13.6. The van der Waals surface area contributed by atoms with Crippen LogP contribution in [0.25, 0.3) is 0 Å². The highest BCUT2D eigenvalue weighted by atomic mass is 16.8. The molecule has 31 atom stereocenters. The average Bonchev–Trinajstić information content (AvgIpc) is 0.833. The number of fused-ring (bicyclic) bond motifs is 4. The molecule has 0 aromatic heterocycles. The molecule has 0 unspecified atom stereocenters. The third-order valence-electron chi connectivity index (χ3n) is 23.8. The second-order valence-electron chi connectivity index (χ2n) is 33.3. The SMILES string of the molecule is CO[C@@H]1[C@@H](O[C@H](CCCCCCCCCCCCC[C@H]2CC(=O)OC[C@@H]3O[C@H](O[C@H](CCCCCCCCCCCCCCC[C@@H](CCCCC[C@@H](C)O[C@H]4O[C@@H](CO)[C@H](O)[C@@H](O)[C@@H]4OC)O[C@H]4O[C@@H](CO)[C@H](O)[C@@H](O)[C@@H]4OC)CC(=O)OC[C@@H]4O[C@@H](O2)[C@H](O)[C@@H](O)[C@@H]4O)[C@@H](O)[C@@H](O)[C@@H]3O)CCCCC[C@H](C)O)O[C@@H](CO)[C@H](O)[C@H]1O. The minimum atomic E-state index is -1.77. The fourth-order valence-corrected chi connectivity index (χ4v) is 16.5. The number of esters is 2. The molecule has 6 aliphatic heterocycles. The summed E-state index contributed by atoms with van der Waals surface area (Å²) in [5.74, 6) is -1.54.